The Hall–Kier alpha value is -3.32. The fraction of sp³-hybridized carbons (Fsp3) is 0.100. The van der Waals surface area contributed by atoms with Gasteiger partial charge in [-0.1, -0.05) is 48.5 Å². The number of H-pyrrole nitrogens is 1. The Balaban J connectivity index is 1.54. The monoisotopic (exact) mass is 375 g/mol. The minimum atomic E-state index is -0.0868. The highest BCUT2D eigenvalue weighted by molar-refractivity contribution is 7.13. The fourth-order valence-corrected chi connectivity index (χ4v) is 3.64. The molecule has 0 aliphatic rings. The molecule has 4 rings (SSSR count). The van der Waals surface area contributed by atoms with Crippen LogP contribution in [0.4, 0.5) is 0 Å². The van der Waals surface area contributed by atoms with Crippen molar-refractivity contribution in [2.45, 2.75) is 6.54 Å². The first kappa shape index (κ1) is 17.1. The van der Waals surface area contributed by atoms with Crippen molar-refractivity contribution in [3.05, 3.63) is 77.6 Å². The first-order chi connectivity index (χ1) is 13.2. The van der Waals surface area contributed by atoms with E-state index in [9.17, 15) is 4.79 Å². The largest absolute Gasteiger partial charge is 0.336 e. The second-order valence-corrected chi connectivity index (χ2v) is 6.91. The number of benzene rings is 2. The van der Waals surface area contributed by atoms with Gasteiger partial charge in [0.25, 0.3) is 5.91 Å². The molecular weight excluding hydrogens is 358 g/mol. The molecule has 134 valence electrons. The molecule has 0 atom stereocenters. The molecule has 4 aromatic rings. The van der Waals surface area contributed by atoms with Crippen molar-refractivity contribution >= 4 is 17.2 Å². The van der Waals surface area contributed by atoms with E-state index in [1.807, 2.05) is 53.9 Å². The molecule has 27 heavy (non-hydrogen) atoms. The van der Waals surface area contributed by atoms with E-state index in [2.05, 4.69) is 20.2 Å². The maximum atomic E-state index is 13.0. The van der Waals surface area contributed by atoms with Crippen LogP contribution in [-0.2, 0) is 6.54 Å². The highest BCUT2D eigenvalue weighted by Crippen LogP contribution is 2.25. The molecular formula is C20H17N5OS. The standard InChI is InChI=1S/C20H17N5OS/c1-25(11-15-12-27-19(23-15)14-7-3-2-4-8-14)20(26)17-10-6-5-9-16(17)18-21-13-22-24-18/h2-10,12-13H,11H2,1H3,(H,21,22,24). The van der Waals surface area contributed by atoms with Crippen LogP contribution in [0, 0.1) is 0 Å². The van der Waals surface area contributed by atoms with Gasteiger partial charge in [-0.3, -0.25) is 9.89 Å². The average Bonchev–Trinajstić information content (AvgIpc) is 3.40. The number of carbonyl (C=O) groups excluding carboxylic acids is 1. The summed E-state index contributed by atoms with van der Waals surface area (Å²) in [5.74, 6) is 0.489. The Labute approximate surface area is 160 Å². The van der Waals surface area contributed by atoms with Crippen LogP contribution in [-0.4, -0.2) is 38.0 Å². The van der Waals surface area contributed by atoms with Gasteiger partial charge in [0.1, 0.15) is 11.3 Å². The lowest BCUT2D eigenvalue weighted by Crippen LogP contribution is -2.26. The predicted octanol–water partition coefficient (Wildman–Crippen LogP) is 3.87. The SMILES string of the molecule is CN(Cc1csc(-c2ccccc2)n1)C(=O)c1ccccc1-c1ncn[nH]1. The van der Waals surface area contributed by atoms with Crippen LogP contribution in [0.1, 0.15) is 16.1 Å². The molecule has 0 bridgehead atoms. The number of hydrogen-bond acceptors (Lipinski definition) is 5. The van der Waals surface area contributed by atoms with Crippen LogP contribution in [0.3, 0.4) is 0 Å². The number of nitrogens with one attached hydrogen (secondary N) is 1. The van der Waals surface area contributed by atoms with Gasteiger partial charge < -0.3 is 4.90 Å². The molecule has 2 heterocycles. The van der Waals surface area contributed by atoms with Crippen LogP contribution in [0.2, 0.25) is 0 Å². The van der Waals surface area contributed by atoms with Gasteiger partial charge in [0.05, 0.1) is 17.8 Å². The minimum absolute atomic E-state index is 0.0868. The van der Waals surface area contributed by atoms with Crippen LogP contribution in [0.15, 0.2) is 66.3 Å². The Morgan fingerprint density at radius 1 is 1.11 bits per heavy atom. The highest BCUT2D eigenvalue weighted by Gasteiger charge is 2.19. The summed E-state index contributed by atoms with van der Waals surface area (Å²) >= 11 is 1.58. The van der Waals surface area contributed by atoms with Crippen molar-refractivity contribution in [2.75, 3.05) is 7.05 Å². The van der Waals surface area contributed by atoms with Crippen molar-refractivity contribution in [3.8, 4) is 22.0 Å². The first-order valence-electron chi connectivity index (χ1n) is 8.42. The maximum Gasteiger partial charge on any atom is 0.254 e. The average molecular weight is 375 g/mol. The topological polar surface area (TPSA) is 74.8 Å². The quantitative estimate of drug-likeness (QED) is 0.575. The molecule has 0 saturated heterocycles. The molecule has 0 radical (unpaired) electrons. The van der Waals surface area contributed by atoms with Crippen molar-refractivity contribution in [1.29, 1.82) is 0 Å². The van der Waals surface area contributed by atoms with Crippen molar-refractivity contribution in [3.63, 3.8) is 0 Å². The van der Waals surface area contributed by atoms with E-state index in [1.54, 1.807) is 29.4 Å². The molecule has 0 aliphatic heterocycles. The second-order valence-electron chi connectivity index (χ2n) is 6.05. The van der Waals surface area contributed by atoms with Crippen LogP contribution >= 0.6 is 11.3 Å². The van der Waals surface area contributed by atoms with Crippen molar-refractivity contribution < 1.29 is 4.79 Å². The molecule has 1 amide bonds. The number of rotatable bonds is 5. The highest BCUT2D eigenvalue weighted by atomic mass is 32.1. The maximum absolute atomic E-state index is 13.0. The normalized spacial score (nSPS) is 10.7. The Morgan fingerprint density at radius 3 is 2.67 bits per heavy atom. The van der Waals surface area contributed by atoms with E-state index in [0.29, 0.717) is 17.9 Å². The van der Waals surface area contributed by atoms with Gasteiger partial charge in [-0.15, -0.1) is 11.3 Å². The van der Waals surface area contributed by atoms with Gasteiger partial charge >= 0.3 is 0 Å². The zero-order valence-electron chi connectivity index (χ0n) is 14.7. The number of nitrogens with zero attached hydrogens (tertiary/aromatic N) is 4. The molecule has 1 N–H and O–H groups in total. The van der Waals surface area contributed by atoms with Crippen molar-refractivity contribution in [2.24, 2.45) is 0 Å². The molecule has 7 heteroatoms. The molecule has 6 nitrogen and oxygen atoms in total. The van der Waals surface area contributed by atoms with Gasteiger partial charge in [-0.25, -0.2) is 9.97 Å². The number of aromatic nitrogens is 4. The third-order valence-electron chi connectivity index (χ3n) is 4.15. The lowest BCUT2D eigenvalue weighted by molar-refractivity contribution is 0.0784. The lowest BCUT2D eigenvalue weighted by atomic mass is 10.1. The van der Waals surface area contributed by atoms with Crippen molar-refractivity contribution in [1.82, 2.24) is 25.1 Å². The Morgan fingerprint density at radius 2 is 1.89 bits per heavy atom. The third kappa shape index (κ3) is 3.63. The fourth-order valence-electron chi connectivity index (χ4n) is 2.82. The molecule has 0 spiro atoms. The zero-order valence-corrected chi connectivity index (χ0v) is 15.5. The van der Waals surface area contributed by atoms with Gasteiger partial charge in [0.15, 0.2) is 5.82 Å². The molecule has 0 saturated carbocycles. The van der Waals surface area contributed by atoms with E-state index in [1.165, 1.54) is 6.33 Å². The van der Waals surface area contributed by atoms with E-state index in [-0.39, 0.29) is 5.91 Å². The van der Waals surface area contributed by atoms with E-state index in [4.69, 9.17) is 0 Å². The smallest absolute Gasteiger partial charge is 0.254 e. The third-order valence-corrected chi connectivity index (χ3v) is 5.09. The summed E-state index contributed by atoms with van der Waals surface area (Å²) in [6.45, 7) is 0.437. The van der Waals surface area contributed by atoms with Gasteiger partial charge in [0, 0.05) is 23.6 Å². The zero-order chi connectivity index (χ0) is 18.6. The van der Waals surface area contributed by atoms with Crippen LogP contribution in [0.25, 0.3) is 22.0 Å². The van der Waals surface area contributed by atoms with E-state index < -0.39 is 0 Å². The molecule has 0 fully saturated rings. The second kappa shape index (κ2) is 7.51. The summed E-state index contributed by atoms with van der Waals surface area (Å²) in [5, 5.41) is 9.64. The number of aromatic amines is 1. The summed E-state index contributed by atoms with van der Waals surface area (Å²) in [7, 11) is 1.78. The lowest BCUT2D eigenvalue weighted by Gasteiger charge is -2.17. The summed E-state index contributed by atoms with van der Waals surface area (Å²) in [6, 6.07) is 17.4. The number of amides is 1. The predicted molar refractivity (Wildman–Crippen MR) is 105 cm³/mol. The Kier molecular flexibility index (Phi) is 4.76. The van der Waals surface area contributed by atoms with Gasteiger partial charge in [-0.05, 0) is 6.07 Å². The summed E-state index contributed by atoms with van der Waals surface area (Å²) < 4.78 is 0. The summed E-state index contributed by atoms with van der Waals surface area (Å²) in [4.78, 5) is 23.5. The summed E-state index contributed by atoms with van der Waals surface area (Å²) in [5.41, 5.74) is 3.26. The summed E-state index contributed by atoms with van der Waals surface area (Å²) in [6.07, 6.45) is 1.43. The molecule has 0 aliphatic carbocycles. The molecule has 0 unspecified atom stereocenters. The number of carbonyl (C=O) groups is 1. The number of thiazole rings is 1. The van der Waals surface area contributed by atoms with E-state index >= 15 is 0 Å². The van der Waals surface area contributed by atoms with E-state index in [0.717, 1.165) is 21.8 Å². The first-order valence-corrected chi connectivity index (χ1v) is 9.30. The molecule has 2 aromatic carbocycles. The number of hydrogen-bond donors (Lipinski definition) is 1. The minimum Gasteiger partial charge on any atom is -0.336 e. The van der Waals surface area contributed by atoms with Crippen LogP contribution < -0.4 is 0 Å². The van der Waals surface area contributed by atoms with Gasteiger partial charge in [-0.2, -0.15) is 5.10 Å². The van der Waals surface area contributed by atoms with Crippen LogP contribution in [0.5, 0.6) is 0 Å². The Bertz CT molecular complexity index is 1040. The molecule has 2 aromatic heterocycles. The van der Waals surface area contributed by atoms with Gasteiger partial charge in [0.2, 0.25) is 0 Å².